The fraction of sp³-hybridized carbons (Fsp3) is 0.900. The molecule has 2 N–H and O–H groups in total. The van der Waals surface area contributed by atoms with Gasteiger partial charge in [-0.1, -0.05) is 6.92 Å². The molecule has 0 aromatic rings. The van der Waals surface area contributed by atoms with Crippen LogP contribution >= 0.6 is 0 Å². The molecular weight excluding hydrogens is 228 g/mol. The minimum absolute atomic E-state index is 0.0551. The number of carbonyl (C=O) groups excluding carboxylic acids is 1. The third-order valence-electron chi connectivity index (χ3n) is 2.66. The molecule has 1 aliphatic heterocycles. The lowest BCUT2D eigenvalue weighted by atomic mass is 10.0. The average molecular weight is 248 g/mol. The molecule has 1 rings (SSSR count). The maximum absolute atomic E-state index is 11.5. The number of sulfone groups is 1. The van der Waals surface area contributed by atoms with Crippen LogP contribution in [0.25, 0.3) is 0 Å². The topological polar surface area (TPSA) is 75.3 Å². The van der Waals surface area contributed by atoms with Gasteiger partial charge >= 0.3 is 0 Å². The van der Waals surface area contributed by atoms with Crippen LogP contribution in [-0.4, -0.2) is 44.5 Å². The first-order valence-electron chi connectivity index (χ1n) is 5.59. The Hall–Kier alpha value is -0.620. The normalized spacial score (nSPS) is 27.9. The molecule has 94 valence electrons. The van der Waals surface area contributed by atoms with Crippen molar-refractivity contribution in [3.8, 4) is 0 Å². The molecule has 5 nitrogen and oxygen atoms in total. The maximum atomic E-state index is 11.5. The Morgan fingerprint density at radius 3 is 2.62 bits per heavy atom. The maximum Gasteiger partial charge on any atom is 0.234 e. The van der Waals surface area contributed by atoms with Crippen molar-refractivity contribution in [3.63, 3.8) is 0 Å². The van der Waals surface area contributed by atoms with Crippen LogP contribution in [0.15, 0.2) is 0 Å². The molecule has 0 aromatic heterocycles. The van der Waals surface area contributed by atoms with E-state index in [-0.39, 0.29) is 24.0 Å². The van der Waals surface area contributed by atoms with Crippen LogP contribution in [0, 0.1) is 0 Å². The smallest absolute Gasteiger partial charge is 0.234 e. The van der Waals surface area contributed by atoms with Crippen molar-refractivity contribution < 1.29 is 13.2 Å². The first-order chi connectivity index (χ1) is 7.37. The van der Waals surface area contributed by atoms with Crippen LogP contribution in [0.5, 0.6) is 0 Å². The zero-order valence-corrected chi connectivity index (χ0v) is 10.7. The van der Waals surface area contributed by atoms with Crippen molar-refractivity contribution in [2.75, 3.05) is 24.6 Å². The highest BCUT2D eigenvalue weighted by atomic mass is 32.2. The standard InChI is InChI=1S/C10H20N2O3S/c1-3-5-11-7-9(13)12-10(2)4-6-16(14,15)8-10/h11H,3-8H2,1-2H3,(H,12,13). The van der Waals surface area contributed by atoms with E-state index < -0.39 is 15.4 Å². The number of nitrogens with one attached hydrogen (secondary N) is 2. The van der Waals surface area contributed by atoms with Gasteiger partial charge in [-0.15, -0.1) is 0 Å². The van der Waals surface area contributed by atoms with Gasteiger partial charge in [0.15, 0.2) is 9.84 Å². The van der Waals surface area contributed by atoms with Gasteiger partial charge in [0.25, 0.3) is 0 Å². The second-order valence-electron chi connectivity index (χ2n) is 4.63. The molecular formula is C10H20N2O3S. The summed E-state index contributed by atoms with van der Waals surface area (Å²) >= 11 is 0. The SMILES string of the molecule is CCCNCC(=O)NC1(C)CCS(=O)(=O)C1. The van der Waals surface area contributed by atoms with Crippen molar-refractivity contribution in [1.29, 1.82) is 0 Å². The van der Waals surface area contributed by atoms with Gasteiger partial charge in [0.2, 0.25) is 5.91 Å². The summed E-state index contributed by atoms with van der Waals surface area (Å²) in [6, 6.07) is 0. The third-order valence-corrected chi connectivity index (χ3v) is 4.56. The summed E-state index contributed by atoms with van der Waals surface area (Å²) < 4.78 is 22.6. The van der Waals surface area contributed by atoms with Gasteiger partial charge in [-0.05, 0) is 26.3 Å². The summed E-state index contributed by atoms with van der Waals surface area (Å²) in [6.07, 6.45) is 1.48. The highest BCUT2D eigenvalue weighted by Gasteiger charge is 2.39. The Kier molecular flexibility index (Phi) is 4.32. The van der Waals surface area contributed by atoms with Crippen molar-refractivity contribution in [1.82, 2.24) is 10.6 Å². The number of rotatable bonds is 5. The van der Waals surface area contributed by atoms with E-state index >= 15 is 0 Å². The van der Waals surface area contributed by atoms with Crippen LogP contribution in [0.3, 0.4) is 0 Å². The zero-order chi connectivity index (χ0) is 12.2. The molecule has 0 aromatic carbocycles. The molecule has 1 unspecified atom stereocenters. The van der Waals surface area contributed by atoms with Crippen molar-refractivity contribution in [2.24, 2.45) is 0 Å². The molecule has 0 aliphatic carbocycles. The van der Waals surface area contributed by atoms with E-state index in [1.54, 1.807) is 6.92 Å². The molecule has 0 radical (unpaired) electrons. The van der Waals surface area contributed by atoms with Crippen LogP contribution in [0.1, 0.15) is 26.7 Å². The van der Waals surface area contributed by atoms with Gasteiger partial charge in [0.1, 0.15) is 0 Å². The summed E-state index contributed by atoms with van der Waals surface area (Å²) in [6.45, 7) is 4.86. The third kappa shape index (κ3) is 4.09. The van der Waals surface area contributed by atoms with Gasteiger partial charge < -0.3 is 10.6 Å². The van der Waals surface area contributed by atoms with Crippen molar-refractivity contribution >= 4 is 15.7 Å². The summed E-state index contributed by atoms with van der Waals surface area (Å²) in [7, 11) is -2.96. The van der Waals surface area contributed by atoms with E-state index in [2.05, 4.69) is 10.6 Å². The van der Waals surface area contributed by atoms with E-state index in [0.29, 0.717) is 6.42 Å². The number of carbonyl (C=O) groups is 1. The molecule has 6 heteroatoms. The Labute approximate surface area is 96.9 Å². The first kappa shape index (κ1) is 13.4. The van der Waals surface area contributed by atoms with E-state index in [9.17, 15) is 13.2 Å². The Bertz CT molecular complexity index is 353. The van der Waals surface area contributed by atoms with Gasteiger partial charge in [-0.25, -0.2) is 8.42 Å². The van der Waals surface area contributed by atoms with Crippen LogP contribution < -0.4 is 10.6 Å². The highest BCUT2D eigenvalue weighted by molar-refractivity contribution is 7.91. The minimum Gasteiger partial charge on any atom is -0.349 e. The van der Waals surface area contributed by atoms with Gasteiger partial charge in [0.05, 0.1) is 23.6 Å². The lowest BCUT2D eigenvalue weighted by molar-refractivity contribution is -0.121. The fourth-order valence-corrected chi connectivity index (χ4v) is 3.96. The largest absolute Gasteiger partial charge is 0.349 e. The van der Waals surface area contributed by atoms with Gasteiger partial charge in [-0.2, -0.15) is 0 Å². The number of amides is 1. The van der Waals surface area contributed by atoms with Gasteiger partial charge in [0, 0.05) is 0 Å². The quantitative estimate of drug-likeness (QED) is 0.654. The summed E-state index contributed by atoms with van der Waals surface area (Å²) in [5.74, 6) is 0.0964. The highest BCUT2D eigenvalue weighted by Crippen LogP contribution is 2.22. The number of hydrogen-bond acceptors (Lipinski definition) is 4. The Balaban J connectivity index is 2.39. The molecule has 1 saturated heterocycles. The Morgan fingerprint density at radius 2 is 2.12 bits per heavy atom. The molecule has 1 aliphatic rings. The molecule has 1 heterocycles. The van der Waals surface area contributed by atoms with E-state index in [1.165, 1.54) is 0 Å². The fourth-order valence-electron chi connectivity index (χ4n) is 1.87. The molecule has 0 spiro atoms. The van der Waals surface area contributed by atoms with Crippen molar-refractivity contribution in [3.05, 3.63) is 0 Å². The van der Waals surface area contributed by atoms with Crippen LogP contribution in [-0.2, 0) is 14.6 Å². The van der Waals surface area contributed by atoms with Gasteiger partial charge in [-0.3, -0.25) is 4.79 Å². The van der Waals surface area contributed by atoms with E-state index in [0.717, 1.165) is 13.0 Å². The summed E-state index contributed by atoms with van der Waals surface area (Å²) in [5.41, 5.74) is -0.580. The molecule has 16 heavy (non-hydrogen) atoms. The molecule has 1 atom stereocenters. The van der Waals surface area contributed by atoms with Crippen LogP contribution in [0.4, 0.5) is 0 Å². The lowest BCUT2D eigenvalue weighted by Gasteiger charge is -2.23. The summed E-state index contributed by atoms with van der Waals surface area (Å²) in [4.78, 5) is 11.5. The predicted molar refractivity (Wildman–Crippen MR) is 63.0 cm³/mol. The average Bonchev–Trinajstić information content (AvgIpc) is 2.40. The molecule has 1 amide bonds. The number of hydrogen-bond donors (Lipinski definition) is 2. The van der Waals surface area contributed by atoms with E-state index in [1.807, 2.05) is 6.92 Å². The second kappa shape index (κ2) is 5.14. The zero-order valence-electron chi connectivity index (χ0n) is 9.88. The monoisotopic (exact) mass is 248 g/mol. The van der Waals surface area contributed by atoms with Crippen LogP contribution in [0.2, 0.25) is 0 Å². The molecule has 1 fully saturated rings. The first-order valence-corrected chi connectivity index (χ1v) is 7.41. The lowest BCUT2D eigenvalue weighted by Crippen LogP contribution is -2.49. The minimum atomic E-state index is -2.96. The summed E-state index contributed by atoms with van der Waals surface area (Å²) in [5, 5.41) is 5.77. The van der Waals surface area contributed by atoms with E-state index in [4.69, 9.17) is 0 Å². The molecule has 0 bridgehead atoms. The predicted octanol–water partition coefficient (Wildman–Crippen LogP) is -0.321. The second-order valence-corrected chi connectivity index (χ2v) is 6.81. The molecule has 0 saturated carbocycles. The Morgan fingerprint density at radius 1 is 1.44 bits per heavy atom. The van der Waals surface area contributed by atoms with Crippen molar-refractivity contribution in [2.45, 2.75) is 32.2 Å².